The molecule has 1 fully saturated rings. The minimum atomic E-state index is 0.965. The summed E-state index contributed by atoms with van der Waals surface area (Å²) >= 11 is 0. The van der Waals surface area contributed by atoms with Crippen molar-refractivity contribution in [3.8, 4) is 5.75 Å². The number of hydrogen-bond donors (Lipinski definition) is 2. The molecule has 19 heavy (non-hydrogen) atoms. The first kappa shape index (κ1) is 12.5. The molecule has 1 aliphatic heterocycles. The van der Waals surface area contributed by atoms with Gasteiger partial charge in [-0.2, -0.15) is 0 Å². The second-order valence-electron chi connectivity index (χ2n) is 5.14. The highest BCUT2D eigenvalue weighted by atomic mass is 16.5. The fraction of sp³-hybridized carbons (Fsp3) is 0.467. The Morgan fingerprint density at radius 2 is 2.05 bits per heavy atom. The van der Waals surface area contributed by atoms with Crippen LogP contribution in [0.2, 0.25) is 0 Å². The summed E-state index contributed by atoms with van der Waals surface area (Å²) in [6, 6.07) is 6.19. The lowest BCUT2D eigenvalue weighted by atomic mass is 10.1. The molecule has 3 rings (SSSR count). The van der Waals surface area contributed by atoms with Gasteiger partial charge in [-0.05, 0) is 24.6 Å². The molecule has 0 unspecified atom stereocenters. The molecule has 1 saturated heterocycles. The number of piperazine rings is 1. The molecule has 1 aromatic carbocycles. The molecule has 4 nitrogen and oxygen atoms in total. The molecule has 0 spiro atoms. The quantitative estimate of drug-likeness (QED) is 0.884. The van der Waals surface area contributed by atoms with E-state index in [4.69, 9.17) is 4.74 Å². The van der Waals surface area contributed by atoms with Crippen LogP contribution < -0.4 is 10.1 Å². The Bertz CT molecular complexity index is 570. The number of benzene rings is 1. The number of rotatable bonds is 3. The number of fused-ring (bicyclic) bond motifs is 1. The summed E-state index contributed by atoms with van der Waals surface area (Å²) in [5.41, 5.74) is 3.79. The van der Waals surface area contributed by atoms with Gasteiger partial charge in [0, 0.05) is 49.3 Å². The Morgan fingerprint density at radius 1 is 1.26 bits per heavy atom. The van der Waals surface area contributed by atoms with Crippen molar-refractivity contribution >= 4 is 10.9 Å². The summed E-state index contributed by atoms with van der Waals surface area (Å²) in [6.07, 6.45) is 0. The second-order valence-corrected chi connectivity index (χ2v) is 5.14. The van der Waals surface area contributed by atoms with E-state index in [-0.39, 0.29) is 0 Å². The topological polar surface area (TPSA) is 40.3 Å². The van der Waals surface area contributed by atoms with Gasteiger partial charge in [0.05, 0.1) is 7.11 Å². The second kappa shape index (κ2) is 5.23. The van der Waals surface area contributed by atoms with E-state index in [2.05, 4.69) is 28.2 Å². The normalized spacial score (nSPS) is 16.9. The van der Waals surface area contributed by atoms with Crippen molar-refractivity contribution in [1.29, 1.82) is 0 Å². The number of methoxy groups -OCH3 is 1. The molecule has 0 atom stereocenters. The SMILES string of the molecule is COc1cccc2[nH]c(C)c(CN3CCNCC3)c12. The smallest absolute Gasteiger partial charge is 0.128 e. The Kier molecular flexibility index (Phi) is 3.44. The predicted molar refractivity (Wildman–Crippen MR) is 77.7 cm³/mol. The van der Waals surface area contributed by atoms with Gasteiger partial charge in [0.25, 0.3) is 0 Å². The zero-order valence-corrected chi connectivity index (χ0v) is 11.6. The van der Waals surface area contributed by atoms with Gasteiger partial charge in [0.2, 0.25) is 0 Å². The lowest BCUT2D eigenvalue weighted by Gasteiger charge is -2.27. The Balaban J connectivity index is 1.99. The fourth-order valence-electron chi connectivity index (χ4n) is 2.87. The minimum absolute atomic E-state index is 0.965. The van der Waals surface area contributed by atoms with Crippen LogP contribution in [0.15, 0.2) is 18.2 Å². The number of aromatic amines is 1. The Hall–Kier alpha value is -1.52. The molecule has 2 heterocycles. The van der Waals surface area contributed by atoms with E-state index in [0.29, 0.717) is 0 Å². The maximum Gasteiger partial charge on any atom is 0.128 e. The standard InChI is InChI=1S/C15H21N3O/c1-11-12(10-18-8-6-16-7-9-18)15-13(17-11)4-3-5-14(15)19-2/h3-5,16-17H,6-10H2,1-2H3. The lowest BCUT2D eigenvalue weighted by molar-refractivity contribution is 0.233. The van der Waals surface area contributed by atoms with Crippen molar-refractivity contribution in [2.75, 3.05) is 33.3 Å². The summed E-state index contributed by atoms with van der Waals surface area (Å²) in [4.78, 5) is 5.97. The summed E-state index contributed by atoms with van der Waals surface area (Å²) in [7, 11) is 1.74. The van der Waals surface area contributed by atoms with Crippen LogP contribution in [0.25, 0.3) is 10.9 Å². The van der Waals surface area contributed by atoms with Crippen molar-refractivity contribution in [3.05, 3.63) is 29.5 Å². The number of aromatic nitrogens is 1. The average molecular weight is 259 g/mol. The van der Waals surface area contributed by atoms with Crippen molar-refractivity contribution in [2.45, 2.75) is 13.5 Å². The molecule has 2 N–H and O–H groups in total. The van der Waals surface area contributed by atoms with Crippen LogP contribution in [0, 0.1) is 6.92 Å². The number of hydrogen-bond acceptors (Lipinski definition) is 3. The van der Waals surface area contributed by atoms with E-state index < -0.39 is 0 Å². The van der Waals surface area contributed by atoms with Crippen molar-refractivity contribution < 1.29 is 4.74 Å². The zero-order valence-electron chi connectivity index (χ0n) is 11.6. The summed E-state index contributed by atoms with van der Waals surface area (Å²) in [5.74, 6) is 0.965. The van der Waals surface area contributed by atoms with E-state index in [1.807, 2.05) is 12.1 Å². The molecule has 2 aromatic rings. The monoisotopic (exact) mass is 259 g/mol. The van der Waals surface area contributed by atoms with Gasteiger partial charge in [0.15, 0.2) is 0 Å². The number of aryl methyl sites for hydroxylation is 1. The molecular weight excluding hydrogens is 238 g/mol. The third kappa shape index (κ3) is 2.33. The molecule has 0 saturated carbocycles. The van der Waals surface area contributed by atoms with E-state index in [0.717, 1.165) is 38.5 Å². The van der Waals surface area contributed by atoms with Crippen molar-refractivity contribution in [2.24, 2.45) is 0 Å². The number of nitrogens with one attached hydrogen (secondary N) is 2. The van der Waals surface area contributed by atoms with Crippen molar-refractivity contribution in [1.82, 2.24) is 15.2 Å². The number of H-pyrrole nitrogens is 1. The summed E-state index contributed by atoms with van der Waals surface area (Å²) < 4.78 is 5.52. The highest BCUT2D eigenvalue weighted by Crippen LogP contribution is 2.31. The molecule has 0 radical (unpaired) electrons. The largest absolute Gasteiger partial charge is 0.496 e. The van der Waals surface area contributed by atoms with Crippen LogP contribution in [0.1, 0.15) is 11.3 Å². The molecule has 0 aliphatic carbocycles. The minimum Gasteiger partial charge on any atom is -0.496 e. The van der Waals surface area contributed by atoms with Crippen LogP contribution in [0.3, 0.4) is 0 Å². The maximum absolute atomic E-state index is 5.52. The highest BCUT2D eigenvalue weighted by Gasteiger charge is 2.17. The van der Waals surface area contributed by atoms with E-state index in [1.165, 1.54) is 22.2 Å². The van der Waals surface area contributed by atoms with Crippen LogP contribution in [0.4, 0.5) is 0 Å². The van der Waals surface area contributed by atoms with Crippen molar-refractivity contribution in [3.63, 3.8) is 0 Å². The van der Waals surface area contributed by atoms with Gasteiger partial charge in [0.1, 0.15) is 5.75 Å². The van der Waals surface area contributed by atoms with Crippen LogP contribution in [-0.2, 0) is 6.54 Å². The van der Waals surface area contributed by atoms with Gasteiger partial charge >= 0.3 is 0 Å². The molecule has 102 valence electrons. The molecular formula is C15H21N3O. The molecule has 1 aromatic heterocycles. The van der Waals surface area contributed by atoms with Crippen LogP contribution in [0.5, 0.6) is 5.75 Å². The number of ether oxygens (including phenoxy) is 1. The van der Waals surface area contributed by atoms with Crippen LogP contribution >= 0.6 is 0 Å². The third-order valence-corrected chi connectivity index (χ3v) is 3.91. The van der Waals surface area contributed by atoms with Crippen LogP contribution in [-0.4, -0.2) is 43.2 Å². The maximum atomic E-state index is 5.52. The summed E-state index contributed by atoms with van der Waals surface area (Å²) in [5, 5.41) is 4.63. The van der Waals surface area contributed by atoms with Gasteiger partial charge in [-0.3, -0.25) is 4.90 Å². The van der Waals surface area contributed by atoms with E-state index >= 15 is 0 Å². The van der Waals surface area contributed by atoms with Gasteiger partial charge in [-0.15, -0.1) is 0 Å². The Labute approximate surface area is 113 Å². The molecule has 1 aliphatic rings. The molecule has 0 amide bonds. The van der Waals surface area contributed by atoms with E-state index in [1.54, 1.807) is 7.11 Å². The molecule has 0 bridgehead atoms. The van der Waals surface area contributed by atoms with Gasteiger partial charge in [-0.25, -0.2) is 0 Å². The van der Waals surface area contributed by atoms with E-state index in [9.17, 15) is 0 Å². The first-order chi connectivity index (χ1) is 9.29. The lowest BCUT2D eigenvalue weighted by Crippen LogP contribution is -2.42. The Morgan fingerprint density at radius 3 is 2.79 bits per heavy atom. The first-order valence-electron chi connectivity index (χ1n) is 6.87. The third-order valence-electron chi connectivity index (χ3n) is 3.91. The average Bonchev–Trinajstić information content (AvgIpc) is 2.76. The predicted octanol–water partition coefficient (Wildman–Crippen LogP) is 1.89. The van der Waals surface area contributed by atoms with Gasteiger partial charge < -0.3 is 15.0 Å². The zero-order chi connectivity index (χ0) is 13.2. The fourth-order valence-corrected chi connectivity index (χ4v) is 2.87. The first-order valence-corrected chi connectivity index (χ1v) is 6.87. The summed E-state index contributed by atoms with van der Waals surface area (Å²) in [6.45, 7) is 7.53. The van der Waals surface area contributed by atoms with Gasteiger partial charge in [-0.1, -0.05) is 6.07 Å². The number of nitrogens with zero attached hydrogens (tertiary/aromatic N) is 1. The molecule has 4 heteroatoms. The highest BCUT2D eigenvalue weighted by molar-refractivity contribution is 5.90.